The third-order valence-electron chi connectivity index (χ3n) is 2.24. The van der Waals surface area contributed by atoms with Gasteiger partial charge in [-0.1, -0.05) is 22.0 Å². The summed E-state index contributed by atoms with van der Waals surface area (Å²) in [7, 11) is 1.31. The van der Waals surface area contributed by atoms with Crippen molar-refractivity contribution >= 4 is 21.9 Å². The summed E-state index contributed by atoms with van der Waals surface area (Å²) >= 11 is 3.37. The lowest BCUT2D eigenvalue weighted by molar-refractivity contribution is 0.0565. The molecule has 1 heterocycles. The molecule has 5 heteroatoms. The van der Waals surface area contributed by atoms with Gasteiger partial charge >= 0.3 is 5.97 Å². The first kappa shape index (κ1) is 11.9. The molecule has 0 saturated carbocycles. The molecule has 0 radical (unpaired) electrons. The molecule has 0 bridgehead atoms. The van der Waals surface area contributed by atoms with Gasteiger partial charge in [-0.15, -0.1) is 0 Å². The molecule has 17 heavy (non-hydrogen) atoms. The maximum Gasteiger partial charge on any atom is 0.375 e. The zero-order chi connectivity index (χ0) is 12.4. The molecule has 0 atom stereocenters. The number of hydrogen-bond acceptors (Lipinski definition) is 4. The highest BCUT2D eigenvalue weighted by Gasteiger charge is 2.18. The Labute approximate surface area is 107 Å². The lowest BCUT2D eigenvalue weighted by Gasteiger charge is -1.96. The van der Waals surface area contributed by atoms with Crippen LogP contribution < -0.4 is 0 Å². The molecule has 1 aromatic carbocycles. The number of ether oxygens (including phenoxy) is 1. The topological polar surface area (TPSA) is 52.3 Å². The minimum atomic E-state index is -0.517. The number of rotatable bonds is 2. The van der Waals surface area contributed by atoms with Gasteiger partial charge in [0.1, 0.15) is 0 Å². The van der Waals surface area contributed by atoms with Crippen molar-refractivity contribution in [2.45, 2.75) is 6.92 Å². The standard InChI is InChI=1S/C12H10BrNO3/c1-7-10(12(15)16-2)17-11(14-7)8-4-3-5-9(13)6-8/h3-6H,1-2H3. The van der Waals surface area contributed by atoms with Gasteiger partial charge in [0.2, 0.25) is 11.7 Å². The van der Waals surface area contributed by atoms with Gasteiger partial charge in [-0.25, -0.2) is 9.78 Å². The lowest BCUT2D eigenvalue weighted by atomic mass is 10.2. The van der Waals surface area contributed by atoms with Crippen LogP contribution >= 0.6 is 15.9 Å². The smallest absolute Gasteiger partial charge is 0.375 e. The Kier molecular flexibility index (Phi) is 3.28. The van der Waals surface area contributed by atoms with E-state index in [1.165, 1.54) is 7.11 Å². The molecule has 1 aromatic heterocycles. The van der Waals surface area contributed by atoms with Crippen LogP contribution in [0.2, 0.25) is 0 Å². The quantitative estimate of drug-likeness (QED) is 0.799. The molecule has 0 amide bonds. The minimum Gasteiger partial charge on any atom is -0.463 e. The number of halogens is 1. The van der Waals surface area contributed by atoms with Gasteiger partial charge in [0.15, 0.2) is 0 Å². The maximum atomic E-state index is 11.4. The normalized spacial score (nSPS) is 10.3. The van der Waals surface area contributed by atoms with E-state index in [1.807, 2.05) is 24.3 Å². The summed E-state index contributed by atoms with van der Waals surface area (Å²) in [6.45, 7) is 1.71. The van der Waals surface area contributed by atoms with E-state index >= 15 is 0 Å². The molecule has 0 fully saturated rings. The Hall–Kier alpha value is -1.62. The highest BCUT2D eigenvalue weighted by Crippen LogP contribution is 2.24. The van der Waals surface area contributed by atoms with Crippen LogP contribution in [0.15, 0.2) is 33.2 Å². The highest BCUT2D eigenvalue weighted by atomic mass is 79.9. The van der Waals surface area contributed by atoms with Crippen molar-refractivity contribution in [3.63, 3.8) is 0 Å². The van der Waals surface area contributed by atoms with E-state index in [1.54, 1.807) is 6.92 Å². The number of carbonyl (C=O) groups excluding carboxylic acids is 1. The number of aromatic nitrogens is 1. The van der Waals surface area contributed by atoms with Gasteiger partial charge in [0.25, 0.3) is 0 Å². The molecular formula is C12H10BrNO3. The van der Waals surface area contributed by atoms with E-state index in [-0.39, 0.29) is 5.76 Å². The van der Waals surface area contributed by atoms with Crippen LogP contribution in [0.3, 0.4) is 0 Å². The molecule has 88 valence electrons. The molecule has 0 N–H and O–H groups in total. The lowest BCUT2D eigenvalue weighted by Crippen LogP contribution is -2.00. The second-order valence-corrected chi connectivity index (χ2v) is 4.35. The maximum absolute atomic E-state index is 11.4. The van der Waals surface area contributed by atoms with Crippen molar-refractivity contribution in [1.29, 1.82) is 0 Å². The summed E-state index contributed by atoms with van der Waals surface area (Å²) in [5.41, 5.74) is 1.32. The molecule has 0 aliphatic rings. The van der Waals surface area contributed by atoms with Gasteiger partial charge in [-0.05, 0) is 25.1 Å². The molecule has 2 aromatic rings. The van der Waals surface area contributed by atoms with Crippen LogP contribution in [0.5, 0.6) is 0 Å². The van der Waals surface area contributed by atoms with Gasteiger partial charge < -0.3 is 9.15 Å². The summed E-state index contributed by atoms with van der Waals surface area (Å²) in [6, 6.07) is 7.50. The summed E-state index contributed by atoms with van der Waals surface area (Å²) in [5.74, 6) is 0.0305. The first-order valence-electron chi connectivity index (χ1n) is 4.93. The van der Waals surface area contributed by atoms with Crippen molar-refractivity contribution < 1.29 is 13.9 Å². The number of hydrogen-bond donors (Lipinski definition) is 0. The van der Waals surface area contributed by atoms with E-state index in [0.717, 1.165) is 10.0 Å². The number of methoxy groups -OCH3 is 1. The van der Waals surface area contributed by atoms with Crippen LogP contribution in [0.1, 0.15) is 16.2 Å². The summed E-state index contributed by atoms with van der Waals surface area (Å²) in [6.07, 6.45) is 0. The number of aryl methyl sites for hydroxylation is 1. The zero-order valence-electron chi connectivity index (χ0n) is 9.36. The van der Waals surface area contributed by atoms with Gasteiger partial charge in [-0.2, -0.15) is 0 Å². The third-order valence-corrected chi connectivity index (χ3v) is 2.73. The number of carbonyl (C=O) groups is 1. The van der Waals surface area contributed by atoms with E-state index in [0.29, 0.717) is 11.6 Å². The Balaban J connectivity index is 2.44. The van der Waals surface area contributed by atoms with Gasteiger partial charge in [0, 0.05) is 10.0 Å². The summed E-state index contributed by atoms with van der Waals surface area (Å²) in [5, 5.41) is 0. The van der Waals surface area contributed by atoms with Crippen LogP contribution in [-0.4, -0.2) is 18.1 Å². The Morgan fingerprint density at radius 2 is 2.24 bits per heavy atom. The van der Waals surface area contributed by atoms with Crippen molar-refractivity contribution in [1.82, 2.24) is 4.98 Å². The van der Waals surface area contributed by atoms with Gasteiger partial charge in [-0.3, -0.25) is 0 Å². The molecule has 0 aliphatic heterocycles. The van der Waals surface area contributed by atoms with E-state index in [9.17, 15) is 4.79 Å². The molecular weight excluding hydrogens is 286 g/mol. The second-order valence-electron chi connectivity index (χ2n) is 3.44. The number of oxazole rings is 1. The first-order valence-corrected chi connectivity index (χ1v) is 5.73. The largest absolute Gasteiger partial charge is 0.463 e. The second kappa shape index (κ2) is 4.71. The molecule has 0 spiro atoms. The van der Waals surface area contributed by atoms with Gasteiger partial charge in [0.05, 0.1) is 12.8 Å². The Morgan fingerprint density at radius 3 is 2.88 bits per heavy atom. The first-order chi connectivity index (χ1) is 8.11. The van der Waals surface area contributed by atoms with Crippen LogP contribution in [-0.2, 0) is 4.74 Å². The van der Waals surface area contributed by atoms with Crippen molar-refractivity contribution in [2.75, 3.05) is 7.11 Å². The molecule has 2 rings (SSSR count). The van der Waals surface area contributed by atoms with E-state index in [2.05, 4.69) is 25.7 Å². The number of nitrogens with zero attached hydrogens (tertiary/aromatic N) is 1. The zero-order valence-corrected chi connectivity index (χ0v) is 10.9. The fraction of sp³-hybridized carbons (Fsp3) is 0.167. The summed E-state index contributed by atoms with van der Waals surface area (Å²) < 4.78 is 10.9. The summed E-state index contributed by atoms with van der Waals surface area (Å²) in [4.78, 5) is 15.6. The number of benzene rings is 1. The average molecular weight is 296 g/mol. The van der Waals surface area contributed by atoms with E-state index in [4.69, 9.17) is 4.42 Å². The molecule has 4 nitrogen and oxygen atoms in total. The van der Waals surface area contributed by atoms with Crippen LogP contribution in [0.25, 0.3) is 11.5 Å². The van der Waals surface area contributed by atoms with Crippen molar-refractivity contribution in [3.8, 4) is 11.5 Å². The Bertz CT molecular complexity index is 563. The fourth-order valence-corrected chi connectivity index (χ4v) is 1.82. The van der Waals surface area contributed by atoms with Crippen molar-refractivity contribution in [2.24, 2.45) is 0 Å². The fourth-order valence-electron chi connectivity index (χ4n) is 1.42. The highest BCUT2D eigenvalue weighted by molar-refractivity contribution is 9.10. The van der Waals surface area contributed by atoms with Crippen LogP contribution in [0.4, 0.5) is 0 Å². The molecule has 0 saturated heterocycles. The molecule has 0 aliphatic carbocycles. The number of esters is 1. The third kappa shape index (κ3) is 2.39. The minimum absolute atomic E-state index is 0.141. The predicted octanol–water partition coefficient (Wildman–Crippen LogP) is 3.20. The molecule has 0 unspecified atom stereocenters. The SMILES string of the molecule is COC(=O)c1oc(-c2cccc(Br)c2)nc1C. The monoisotopic (exact) mass is 295 g/mol. The van der Waals surface area contributed by atoms with E-state index < -0.39 is 5.97 Å². The predicted molar refractivity (Wildman–Crippen MR) is 65.7 cm³/mol. The Morgan fingerprint density at radius 1 is 1.47 bits per heavy atom. The van der Waals surface area contributed by atoms with Crippen LogP contribution in [0, 0.1) is 6.92 Å². The van der Waals surface area contributed by atoms with Crippen molar-refractivity contribution in [3.05, 3.63) is 40.2 Å². The average Bonchev–Trinajstić information content (AvgIpc) is 2.70.